The van der Waals surface area contributed by atoms with E-state index in [0.29, 0.717) is 22.4 Å². The minimum absolute atomic E-state index is 0.163. The van der Waals surface area contributed by atoms with Crippen molar-refractivity contribution in [1.29, 1.82) is 0 Å². The number of hydrogen-bond acceptors (Lipinski definition) is 6. The Morgan fingerprint density at radius 3 is 2.62 bits per heavy atom. The predicted octanol–water partition coefficient (Wildman–Crippen LogP) is 2.80. The van der Waals surface area contributed by atoms with E-state index in [1.807, 2.05) is 27.0 Å². The van der Waals surface area contributed by atoms with Crippen LogP contribution in [0.1, 0.15) is 54.9 Å². The number of aromatic nitrogens is 3. The van der Waals surface area contributed by atoms with Gasteiger partial charge in [-0.25, -0.2) is 4.98 Å². The molecule has 0 saturated heterocycles. The molecule has 112 valence electrons. The monoisotopic (exact) mass is 306 g/mol. The summed E-state index contributed by atoms with van der Waals surface area (Å²) < 4.78 is 5.54. The van der Waals surface area contributed by atoms with Crippen molar-refractivity contribution >= 4 is 17.7 Å². The third-order valence-corrected chi connectivity index (χ3v) is 3.59. The number of nitrogens with one attached hydrogen (secondary N) is 1. The van der Waals surface area contributed by atoms with Gasteiger partial charge in [0.15, 0.2) is 0 Å². The van der Waals surface area contributed by atoms with Crippen LogP contribution in [-0.2, 0) is 0 Å². The molecule has 0 aliphatic heterocycles. The molecule has 1 atom stereocenters. The van der Waals surface area contributed by atoms with Gasteiger partial charge in [-0.2, -0.15) is 0 Å². The SMILES string of the molecule is CSc1ncccc1C(=O)NC(C)c1nnc(C(C)C)o1. The summed E-state index contributed by atoms with van der Waals surface area (Å²) in [7, 11) is 0. The van der Waals surface area contributed by atoms with Crippen molar-refractivity contribution in [2.75, 3.05) is 6.26 Å². The molecule has 1 amide bonds. The predicted molar refractivity (Wildman–Crippen MR) is 80.3 cm³/mol. The maximum Gasteiger partial charge on any atom is 0.254 e. The number of pyridine rings is 1. The van der Waals surface area contributed by atoms with E-state index >= 15 is 0 Å². The van der Waals surface area contributed by atoms with Crippen LogP contribution in [0.5, 0.6) is 0 Å². The van der Waals surface area contributed by atoms with Crippen LogP contribution in [0.25, 0.3) is 0 Å². The molecule has 0 aliphatic rings. The third-order valence-electron chi connectivity index (χ3n) is 2.88. The fraction of sp³-hybridized carbons (Fsp3) is 0.429. The third kappa shape index (κ3) is 3.60. The molecule has 2 aromatic rings. The molecule has 2 heterocycles. The minimum atomic E-state index is -0.354. The lowest BCUT2D eigenvalue weighted by Crippen LogP contribution is -2.27. The molecular formula is C14H18N4O2S. The fourth-order valence-corrected chi connectivity index (χ4v) is 2.26. The highest BCUT2D eigenvalue weighted by Gasteiger charge is 2.19. The summed E-state index contributed by atoms with van der Waals surface area (Å²) in [6.45, 7) is 5.76. The zero-order valence-corrected chi connectivity index (χ0v) is 13.3. The Kier molecular flexibility index (Phi) is 4.95. The van der Waals surface area contributed by atoms with Crippen molar-refractivity contribution in [3.63, 3.8) is 0 Å². The van der Waals surface area contributed by atoms with Gasteiger partial charge < -0.3 is 9.73 Å². The lowest BCUT2D eigenvalue weighted by atomic mass is 10.2. The zero-order chi connectivity index (χ0) is 15.4. The van der Waals surface area contributed by atoms with Crippen LogP contribution < -0.4 is 5.32 Å². The summed E-state index contributed by atoms with van der Waals surface area (Å²) in [5.74, 6) is 0.929. The highest BCUT2D eigenvalue weighted by atomic mass is 32.2. The number of carbonyl (C=O) groups is 1. The second-order valence-electron chi connectivity index (χ2n) is 4.89. The van der Waals surface area contributed by atoms with Gasteiger partial charge in [-0.1, -0.05) is 13.8 Å². The number of rotatable bonds is 5. The van der Waals surface area contributed by atoms with Crippen molar-refractivity contribution in [3.05, 3.63) is 35.7 Å². The van der Waals surface area contributed by atoms with Crippen LogP contribution in [0.3, 0.4) is 0 Å². The first-order chi connectivity index (χ1) is 10.0. The van der Waals surface area contributed by atoms with E-state index in [0.717, 1.165) is 0 Å². The van der Waals surface area contributed by atoms with Gasteiger partial charge in [0.05, 0.1) is 5.56 Å². The van der Waals surface area contributed by atoms with E-state index in [1.54, 1.807) is 18.3 Å². The molecule has 0 radical (unpaired) electrons. The number of hydrogen-bond donors (Lipinski definition) is 1. The van der Waals surface area contributed by atoms with Gasteiger partial charge in [0.2, 0.25) is 11.8 Å². The average Bonchev–Trinajstić information content (AvgIpc) is 2.97. The summed E-state index contributed by atoms with van der Waals surface area (Å²) in [5.41, 5.74) is 0.542. The van der Waals surface area contributed by atoms with E-state index in [1.165, 1.54) is 11.8 Å². The van der Waals surface area contributed by atoms with Gasteiger partial charge in [-0.05, 0) is 25.3 Å². The van der Waals surface area contributed by atoms with Gasteiger partial charge in [-0.15, -0.1) is 22.0 Å². The van der Waals surface area contributed by atoms with E-state index in [-0.39, 0.29) is 17.9 Å². The highest BCUT2D eigenvalue weighted by molar-refractivity contribution is 7.98. The first-order valence-corrected chi connectivity index (χ1v) is 7.88. The quantitative estimate of drug-likeness (QED) is 0.855. The lowest BCUT2D eigenvalue weighted by molar-refractivity contribution is 0.0930. The molecule has 2 rings (SSSR count). The molecule has 0 bridgehead atoms. The Morgan fingerprint density at radius 1 is 1.29 bits per heavy atom. The van der Waals surface area contributed by atoms with Gasteiger partial charge in [-0.3, -0.25) is 4.79 Å². The van der Waals surface area contributed by atoms with Crippen LogP contribution in [0.4, 0.5) is 0 Å². The van der Waals surface area contributed by atoms with Crippen molar-refractivity contribution in [1.82, 2.24) is 20.5 Å². The van der Waals surface area contributed by atoms with Crippen molar-refractivity contribution in [2.24, 2.45) is 0 Å². The first kappa shape index (κ1) is 15.5. The van der Waals surface area contributed by atoms with Crippen LogP contribution in [0.15, 0.2) is 27.8 Å². The number of carbonyl (C=O) groups excluding carboxylic acids is 1. The summed E-state index contributed by atoms with van der Waals surface area (Å²) in [6.07, 6.45) is 3.55. The molecule has 1 unspecified atom stereocenters. The molecule has 1 N–H and O–H groups in total. The topological polar surface area (TPSA) is 80.9 Å². The Labute approximate surface area is 127 Å². The normalized spacial score (nSPS) is 12.4. The molecule has 0 aromatic carbocycles. The zero-order valence-electron chi connectivity index (χ0n) is 12.5. The van der Waals surface area contributed by atoms with Crippen molar-refractivity contribution in [2.45, 2.75) is 37.8 Å². The Morgan fingerprint density at radius 2 is 2.00 bits per heavy atom. The van der Waals surface area contributed by atoms with Crippen molar-refractivity contribution in [3.8, 4) is 0 Å². The number of nitrogens with zero attached hydrogens (tertiary/aromatic N) is 3. The van der Waals surface area contributed by atoms with Gasteiger partial charge in [0.1, 0.15) is 11.1 Å². The summed E-state index contributed by atoms with van der Waals surface area (Å²) in [5, 5.41) is 11.5. The second kappa shape index (κ2) is 6.71. The molecule has 7 heteroatoms. The number of thioether (sulfide) groups is 1. The Balaban J connectivity index is 2.11. The molecule has 0 aliphatic carbocycles. The Hall–Kier alpha value is -1.89. The van der Waals surface area contributed by atoms with Crippen molar-refractivity contribution < 1.29 is 9.21 Å². The second-order valence-corrected chi connectivity index (χ2v) is 5.68. The van der Waals surface area contributed by atoms with Gasteiger partial charge >= 0.3 is 0 Å². The van der Waals surface area contributed by atoms with Crippen LogP contribution in [0.2, 0.25) is 0 Å². The fourth-order valence-electron chi connectivity index (χ4n) is 1.72. The van der Waals surface area contributed by atoms with Gasteiger partial charge in [0.25, 0.3) is 5.91 Å². The maximum absolute atomic E-state index is 12.3. The molecule has 0 spiro atoms. The molecule has 0 fully saturated rings. The molecule has 6 nitrogen and oxygen atoms in total. The number of amides is 1. The molecular weight excluding hydrogens is 288 g/mol. The highest BCUT2D eigenvalue weighted by Crippen LogP contribution is 2.19. The van der Waals surface area contributed by atoms with Gasteiger partial charge in [0, 0.05) is 12.1 Å². The summed E-state index contributed by atoms with van der Waals surface area (Å²) in [6, 6.07) is 3.13. The lowest BCUT2D eigenvalue weighted by Gasteiger charge is -2.11. The van der Waals surface area contributed by atoms with E-state index < -0.39 is 0 Å². The van der Waals surface area contributed by atoms with Crippen LogP contribution >= 0.6 is 11.8 Å². The molecule has 0 saturated carbocycles. The maximum atomic E-state index is 12.3. The largest absolute Gasteiger partial charge is 0.423 e. The average molecular weight is 306 g/mol. The summed E-state index contributed by atoms with van der Waals surface area (Å²) >= 11 is 1.43. The Bertz CT molecular complexity index is 627. The van der Waals surface area contributed by atoms with Crippen LogP contribution in [0, 0.1) is 0 Å². The van der Waals surface area contributed by atoms with E-state index in [2.05, 4.69) is 20.5 Å². The standard InChI is InChI=1S/C14H18N4O2S/c1-8(2)12-17-18-13(20-12)9(3)16-11(19)10-6-5-7-15-14(10)21-4/h5-9H,1-4H3,(H,16,19). The summed E-state index contributed by atoms with van der Waals surface area (Å²) in [4.78, 5) is 16.5. The van der Waals surface area contributed by atoms with E-state index in [4.69, 9.17) is 4.42 Å². The minimum Gasteiger partial charge on any atom is -0.423 e. The first-order valence-electron chi connectivity index (χ1n) is 6.66. The van der Waals surface area contributed by atoms with E-state index in [9.17, 15) is 4.79 Å². The molecule has 2 aromatic heterocycles. The molecule has 21 heavy (non-hydrogen) atoms. The smallest absolute Gasteiger partial charge is 0.254 e. The van der Waals surface area contributed by atoms with Crippen LogP contribution in [-0.4, -0.2) is 27.3 Å².